The fourth-order valence-electron chi connectivity index (χ4n) is 4.73. The molecule has 166 valence electrons. The molecular weight excluding hydrogens is 380 g/mol. The molecule has 1 aliphatic heterocycles. The van der Waals surface area contributed by atoms with Crippen LogP contribution >= 0.6 is 0 Å². The Balaban J connectivity index is 1.59. The molecule has 1 atom stereocenters. The Morgan fingerprint density at radius 1 is 1.07 bits per heavy atom. The van der Waals surface area contributed by atoms with Gasteiger partial charge < -0.3 is 19.9 Å². The average molecular weight is 417 g/mol. The normalized spacial score (nSPS) is 18.8. The molecule has 7 nitrogen and oxygen atoms in total. The van der Waals surface area contributed by atoms with E-state index in [1.54, 1.807) is 7.11 Å². The molecule has 1 saturated carbocycles. The molecule has 30 heavy (non-hydrogen) atoms. The van der Waals surface area contributed by atoms with Gasteiger partial charge in [-0.05, 0) is 56.9 Å². The third kappa shape index (κ3) is 5.25. The van der Waals surface area contributed by atoms with Crippen LogP contribution in [0.3, 0.4) is 0 Å². The topological polar surface area (TPSA) is 65.1 Å². The monoisotopic (exact) mass is 416 g/mol. The van der Waals surface area contributed by atoms with Crippen LogP contribution in [0.1, 0.15) is 39.5 Å². The first kappa shape index (κ1) is 22.4. The van der Waals surface area contributed by atoms with Gasteiger partial charge in [-0.15, -0.1) is 0 Å². The molecular formula is C23H36N4O3. The molecule has 1 heterocycles. The lowest BCUT2D eigenvalue weighted by molar-refractivity contribution is -0.139. The van der Waals surface area contributed by atoms with Crippen molar-refractivity contribution in [2.45, 2.75) is 45.6 Å². The number of amides is 3. The maximum atomic E-state index is 13.3. The number of hydrogen-bond acceptors (Lipinski definition) is 4. The van der Waals surface area contributed by atoms with E-state index in [0.29, 0.717) is 19.0 Å². The Bertz CT molecular complexity index is 691. The Kier molecular flexibility index (Phi) is 7.96. The van der Waals surface area contributed by atoms with Crippen molar-refractivity contribution in [1.29, 1.82) is 0 Å². The first-order chi connectivity index (χ1) is 14.6. The van der Waals surface area contributed by atoms with E-state index in [1.165, 1.54) is 12.8 Å². The number of ether oxygens (including phenoxy) is 1. The molecule has 1 unspecified atom stereocenters. The van der Waals surface area contributed by atoms with Gasteiger partial charge in [0.15, 0.2) is 0 Å². The molecule has 3 rings (SSSR count). The summed E-state index contributed by atoms with van der Waals surface area (Å²) in [5.41, 5.74) is 0.753. The highest BCUT2D eigenvalue weighted by atomic mass is 16.5. The van der Waals surface area contributed by atoms with Crippen molar-refractivity contribution in [3.05, 3.63) is 24.3 Å². The van der Waals surface area contributed by atoms with Crippen LogP contribution < -0.4 is 10.1 Å². The number of likely N-dealkylation sites (N-methyl/N-ethyl adjacent to an activating group) is 1. The summed E-state index contributed by atoms with van der Waals surface area (Å²) in [5, 5.41) is 2.96. The van der Waals surface area contributed by atoms with E-state index in [2.05, 4.69) is 24.1 Å². The van der Waals surface area contributed by atoms with Gasteiger partial charge in [0.25, 0.3) is 0 Å². The molecule has 1 saturated heterocycles. The Labute approximate surface area is 180 Å². The Morgan fingerprint density at radius 2 is 1.67 bits per heavy atom. The third-order valence-electron chi connectivity index (χ3n) is 6.51. The van der Waals surface area contributed by atoms with Crippen molar-refractivity contribution >= 4 is 17.6 Å². The van der Waals surface area contributed by atoms with Gasteiger partial charge in [-0.2, -0.15) is 0 Å². The highest BCUT2D eigenvalue weighted by Crippen LogP contribution is 2.32. The Morgan fingerprint density at radius 3 is 2.20 bits per heavy atom. The van der Waals surface area contributed by atoms with Crippen molar-refractivity contribution in [3.8, 4) is 5.75 Å². The summed E-state index contributed by atoms with van der Waals surface area (Å²) in [5.74, 6) is 1.47. The lowest BCUT2D eigenvalue weighted by atomic mass is 9.94. The van der Waals surface area contributed by atoms with Crippen LogP contribution in [0.25, 0.3) is 0 Å². The average Bonchev–Trinajstić information content (AvgIpc) is 3.30. The molecule has 0 aromatic heterocycles. The number of carbonyl (C=O) groups excluding carboxylic acids is 2. The number of nitrogens with one attached hydrogen (secondary N) is 1. The van der Waals surface area contributed by atoms with Crippen molar-refractivity contribution in [1.82, 2.24) is 14.7 Å². The summed E-state index contributed by atoms with van der Waals surface area (Å²) in [6, 6.07) is 7.21. The zero-order chi connectivity index (χ0) is 21.5. The SMILES string of the molecule is CCN(CC)C(=O)C(C1CCCC1)N1CCN(C(=O)Nc2ccc(OC)cc2)CC1. The second-order valence-corrected chi connectivity index (χ2v) is 8.18. The van der Waals surface area contributed by atoms with E-state index in [1.807, 2.05) is 34.1 Å². The van der Waals surface area contributed by atoms with Gasteiger partial charge in [-0.25, -0.2) is 4.79 Å². The van der Waals surface area contributed by atoms with Crippen LogP contribution in [0, 0.1) is 5.92 Å². The van der Waals surface area contributed by atoms with Crippen LogP contribution in [0.4, 0.5) is 10.5 Å². The van der Waals surface area contributed by atoms with Crippen molar-refractivity contribution < 1.29 is 14.3 Å². The van der Waals surface area contributed by atoms with Gasteiger partial charge in [0.2, 0.25) is 5.91 Å². The van der Waals surface area contributed by atoms with Crippen molar-refractivity contribution in [3.63, 3.8) is 0 Å². The fourth-order valence-corrected chi connectivity index (χ4v) is 4.73. The second kappa shape index (κ2) is 10.7. The maximum absolute atomic E-state index is 13.3. The summed E-state index contributed by atoms with van der Waals surface area (Å²) in [4.78, 5) is 32.1. The largest absolute Gasteiger partial charge is 0.497 e. The highest BCUT2D eigenvalue weighted by Gasteiger charge is 2.38. The van der Waals surface area contributed by atoms with Gasteiger partial charge in [0.05, 0.1) is 13.2 Å². The molecule has 0 spiro atoms. The number of benzene rings is 1. The molecule has 1 aromatic carbocycles. The second-order valence-electron chi connectivity index (χ2n) is 8.18. The van der Waals surface area contributed by atoms with E-state index in [9.17, 15) is 9.59 Å². The van der Waals surface area contributed by atoms with Gasteiger partial charge >= 0.3 is 6.03 Å². The number of anilines is 1. The molecule has 2 fully saturated rings. The molecule has 2 aliphatic rings. The molecule has 0 bridgehead atoms. The van der Waals surface area contributed by atoms with E-state index in [4.69, 9.17) is 4.74 Å². The van der Waals surface area contributed by atoms with Crippen LogP contribution in [0.5, 0.6) is 5.75 Å². The maximum Gasteiger partial charge on any atom is 0.321 e. The van der Waals surface area contributed by atoms with Gasteiger partial charge in [-0.1, -0.05) is 12.8 Å². The first-order valence-corrected chi connectivity index (χ1v) is 11.3. The molecule has 1 N–H and O–H groups in total. The quantitative estimate of drug-likeness (QED) is 0.741. The predicted molar refractivity (Wildman–Crippen MR) is 119 cm³/mol. The number of urea groups is 1. The van der Waals surface area contributed by atoms with E-state index < -0.39 is 0 Å². The Hall–Kier alpha value is -2.28. The lowest BCUT2D eigenvalue weighted by Crippen LogP contribution is -2.58. The van der Waals surface area contributed by atoms with E-state index in [0.717, 1.165) is 50.5 Å². The van der Waals surface area contributed by atoms with Crippen LogP contribution in [0.15, 0.2) is 24.3 Å². The van der Waals surface area contributed by atoms with Gasteiger partial charge in [0.1, 0.15) is 5.75 Å². The van der Waals surface area contributed by atoms with Gasteiger partial charge in [-0.3, -0.25) is 9.69 Å². The minimum atomic E-state index is -0.0905. The number of nitrogens with zero attached hydrogens (tertiary/aromatic N) is 3. The summed E-state index contributed by atoms with van der Waals surface area (Å²) < 4.78 is 5.16. The van der Waals surface area contributed by atoms with Crippen molar-refractivity contribution in [2.24, 2.45) is 5.92 Å². The summed E-state index contributed by atoms with van der Waals surface area (Å²) in [6.45, 7) is 8.36. The van der Waals surface area contributed by atoms with Gasteiger partial charge in [0, 0.05) is 45.0 Å². The smallest absolute Gasteiger partial charge is 0.321 e. The van der Waals surface area contributed by atoms with Crippen LogP contribution in [-0.4, -0.2) is 79.1 Å². The molecule has 7 heteroatoms. The van der Waals surface area contributed by atoms with E-state index in [-0.39, 0.29) is 18.0 Å². The standard InChI is InChI=1S/C23H36N4O3/c1-4-25(5-2)22(28)21(18-8-6-7-9-18)26-14-16-27(17-15-26)23(29)24-19-10-12-20(30-3)13-11-19/h10-13,18,21H,4-9,14-17H2,1-3H3,(H,24,29). The number of piperazine rings is 1. The van der Waals surface area contributed by atoms with Crippen LogP contribution in [0.2, 0.25) is 0 Å². The number of hydrogen-bond donors (Lipinski definition) is 1. The lowest BCUT2D eigenvalue weighted by Gasteiger charge is -2.42. The van der Waals surface area contributed by atoms with Crippen LogP contribution in [-0.2, 0) is 4.79 Å². The molecule has 1 aromatic rings. The molecule has 0 radical (unpaired) electrons. The van der Waals surface area contributed by atoms with E-state index >= 15 is 0 Å². The number of rotatable bonds is 7. The predicted octanol–water partition coefficient (Wildman–Crippen LogP) is 3.27. The third-order valence-corrected chi connectivity index (χ3v) is 6.51. The minimum absolute atomic E-state index is 0.0424. The molecule has 1 aliphatic carbocycles. The zero-order valence-electron chi connectivity index (χ0n) is 18.6. The summed E-state index contributed by atoms with van der Waals surface area (Å²) in [7, 11) is 1.62. The number of carbonyl (C=O) groups is 2. The number of methoxy groups -OCH3 is 1. The van der Waals surface area contributed by atoms with Crippen molar-refractivity contribution in [2.75, 3.05) is 51.7 Å². The highest BCUT2D eigenvalue weighted by molar-refractivity contribution is 5.89. The first-order valence-electron chi connectivity index (χ1n) is 11.3. The summed E-state index contributed by atoms with van der Waals surface area (Å²) >= 11 is 0. The summed E-state index contributed by atoms with van der Waals surface area (Å²) in [6.07, 6.45) is 4.71. The molecule has 3 amide bonds. The zero-order valence-corrected chi connectivity index (χ0v) is 18.6. The minimum Gasteiger partial charge on any atom is -0.497 e. The fraction of sp³-hybridized carbons (Fsp3) is 0.652.